The van der Waals surface area contributed by atoms with Gasteiger partial charge in [-0.3, -0.25) is 4.79 Å². The zero-order chi connectivity index (χ0) is 17.9. The lowest BCUT2D eigenvalue weighted by Crippen LogP contribution is -2.23. The molecule has 128 valence electrons. The summed E-state index contributed by atoms with van der Waals surface area (Å²) >= 11 is 0. The molecule has 0 fully saturated rings. The van der Waals surface area contributed by atoms with Crippen LogP contribution in [-0.2, 0) is 6.54 Å². The quantitative estimate of drug-likeness (QED) is 0.606. The number of carbonyl (C=O) groups excluding carboxylic acids is 1. The molecule has 4 rings (SSSR count). The van der Waals surface area contributed by atoms with E-state index in [4.69, 9.17) is 0 Å². The van der Waals surface area contributed by atoms with Gasteiger partial charge in [-0.25, -0.2) is 9.37 Å². The first-order valence-corrected chi connectivity index (χ1v) is 8.26. The van der Waals surface area contributed by atoms with Gasteiger partial charge in [-0.15, -0.1) is 0 Å². The minimum absolute atomic E-state index is 0.120. The lowest BCUT2D eigenvalue weighted by molar-refractivity contribution is 0.0946. The molecular weight excluding hydrogens is 329 g/mol. The third-order valence-corrected chi connectivity index (χ3v) is 4.19. The third kappa shape index (κ3) is 3.19. The number of fused-ring (bicyclic) bond motifs is 1. The maximum Gasteiger partial charge on any atom is 0.271 e. The van der Waals surface area contributed by atoms with Gasteiger partial charge in [0.05, 0.1) is 0 Å². The number of aromatic nitrogens is 2. The number of rotatable bonds is 4. The van der Waals surface area contributed by atoms with Gasteiger partial charge in [-0.05, 0) is 29.3 Å². The van der Waals surface area contributed by atoms with Crippen LogP contribution in [0.1, 0.15) is 16.1 Å². The van der Waals surface area contributed by atoms with Crippen molar-refractivity contribution in [3.05, 3.63) is 96.2 Å². The zero-order valence-electron chi connectivity index (χ0n) is 13.9. The van der Waals surface area contributed by atoms with Gasteiger partial charge in [0.15, 0.2) is 0 Å². The van der Waals surface area contributed by atoms with E-state index in [-0.39, 0.29) is 18.3 Å². The molecule has 1 amide bonds. The molecule has 0 saturated carbocycles. The van der Waals surface area contributed by atoms with Crippen LogP contribution in [0.15, 0.2) is 79.1 Å². The summed E-state index contributed by atoms with van der Waals surface area (Å²) in [6.45, 7) is 0.120. The molecule has 0 aliphatic heterocycles. The molecule has 0 aliphatic rings. The predicted octanol–water partition coefficient (Wildman–Crippen LogP) is 4.07. The van der Waals surface area contributed by atoms with Gasteiger partial charge in [0.25, 0.3) is 5.91 Å². The van der Waals surface area contributed by atoms with Crippen LogP contribution in [-0.4, -0.2) is 15.3 Å². The van der Waals surface area contributed by atoms with E-state index < -0.39 is 0 Å². The number of amides is 1. The summed E-state index contributed by atoms with van der Waals surface area (Å²) in [6.07, 6.45) is 3.61. The van der Waals surface area contributed by atoms with E-state index in [1.165, 1.54) is 6.07 Å². The van der Waals surface area contributed by atoms with Gasteiger partial charge in [-0.1, -0.05) is 48.5 Å². The molecule has 4 aromatic rings. The molecule has 1 N–H and O–H groups in total. The van der Waals surface area contributed by atoms with Crippen LogP contribution in [0.4, 0.5) is 4.39 Å². The summed E-state index contributed by atoms with van der Waals surface area (Å²) < 4.78 is 15.5. The predicted molar refractivity (Wildman–Crippen MR) is 98.2 cm³/mol. The van der Waals surface area contributed by atoms with Crippen LogP contribution in [0.5, 0.6) is 0 Å². The summed E-state index contributed by atoms with van der Waals surface area (Å²) in [5.41, 5.74) is 3.55. The average Bonchev–Trinajstić information content (AvgIpc) is 3.11. The van der Waals surface area contributed by atoms with Crippen molar-refractivity contribution in [2.24, 2.45) is 0 Å². The smallest absolute Gasteiger partial charge is 0.271 e. The molecule has 0 atom stereocenters. The van der Waals surface area contributed by atoms with Crippen LogP contribution in [0.3, 0.4) is 0 Å². The van der Waals surface area contributed by atoms with Crippen molar-refractivity contribution < 1.29 is 9.18 Å². The number of pyridine rings is 1. The highest BCUT2D eigenvalue weighted by atomic mass is 19.1. The number of imidazole rings is 1. The summed E-state index contributed by atoms with van der Waals surface area (Å²) in [4.78, 5) is 16.7. The molecule has 0 saturated heterocycles. The van der Waals surface area contributed by atoms with Crippen LogP contribution in [0.25, 0.3) is 16.8 Å². The summed E-state index contributed by atoms with van der Waals surface area (Å²) in [5.74, 6) is -0.673. The van der Waals surface area contributed by atoms with Crippen LogP contribution in [0, 0.1) is 5.82 Å². The van der Waals surface area contributed by atoms with Crippen molar-refractivity contribution in [3.63, 3.8) is 0 Å². The van der Waals surface area contributed by atoms with Gasteiger partial charge in [0, 0.05) is 24.5 Å². The molecule has 2 aromatic carbocycles. The van der Waals surface area contributed by atoms with E-state index in [0.29, 0.717) is 16.9 Å². The monoisotopic (exact) mass is 345 g/mol. The summed E-state index contributed by atoms with van der Waals surface area (Å²) in [7, 11) is 0. The molecule has 0 spiro atoms. The average molecular weight is 345 g/mol. The van der Waals surface area contributed by atoms with Crippen LogP contribution >= 0.6 is 0 Å². The van der Waals surface area contributed by atoms with Crippen LogP contribution < -0.4 is 5.32 Å². The maximum atomic E-state index is 13.6. The molecule has 0 bridgehead atoms. The molecule has 4 nitrogen and oxygen atoms in total. The lowest BCUT2D eigenvalue weighted by atomic mass is 10.1. The number of benzene rings is 2. The van der Waals surface area contributed by atoms with Crippen molar-refractivity contribution in [3.8, 4) is 11.1 Å². The Bertz CT molecular complexity index is 1070. The first-order valence-electron chi connectivity index (χ1n) is 8.26. The second kappa shape index (κ2) is 6.80. The van der Waals surface area contributed by atoms with Crippen LogP contribution in [0.2, 0.25) is 0 Å². The molecule has 0 unspecified atom stereocenters. The highest BCUT2D eigenvalue weighted by Gasteiger charge is 2.12. The molecule has 0 radical (unpaired) electrons. The second-order valence-corrected chi connectivity index (χ2v) is 5.95. The Labute approximate surface area is 149 Å². The Balaban J connectivity index is 1.55. The van der Waals surface area contributed by atoms with Gasteiger partial charge in [0.1, 0.15) is 17.2 Å². The number of hydrogen-bond acceptors (Lipinski definition) is 2. The van der Waals surface area contributed by atoms with Crippen molar-refractivity contribution in [1.82, 2.24) is 14.7 Å². The van der Waals surface area contributed by atoms with Gasteiger partial charge in [-0.2, -0.15) is 0 Å². The topological polar surface area (TPSA) is 46.4 Å². The molecular formula is C21H16FN3O. The van der Waals surface area contributed by atoms with E-state index in [1.807, 2.05) is 53.1 Å². The Hall–Kier alpha value is -3.47. The minimum Gasteiger partial charge on any atom is -0.346 e. The van der Waals surface area contributed by atoms with E-state index >= 15 is 0 Å². The zero-order valence-corrected chi connectivity index (χ0v) is 13.9. The fraction of sp³-hybridized carbons (Fsp3) is 0.0476. The van der Waals surface area contributed by atoms with E-state index in [1.54, 1.807) is 24.4 Å². The standard InChI is InChI=1S/C21H16FN3O/c22-18-9-5-4-8-16(18)12-23-21(26)19-14-25-13-17(10-11-20(25)24-19)15-6-2-1-3-7-15/h1-11,13-14H,12H2,(H,23,26). The second-order valence-electron chi connectivity index (χ2n) is 5.95. The molecule has 26 heavy (non-hydrogen) atoms. The Kier molecular flexibility index (Phi) is 4.19. The van der Waals surface area contributed by atoms with Crippen molar-refractivity contribution in [2.45, 2.75) is 6.54 Å². The lowest BCUT2D eigenvalue weighted by Gasteiger charge is -2.04. The van der Waals surface area contributed by atoms with Gasteiger partial charge >= 0.3 is 0 Å². The molecule has 0 aliphatic carbocycles. The number of halogens is 1. The number of nitrogens with one attached hydrogen (secondary N) is 1. The highest BCUT2D eigenvalue weighted by molar-refractivity contribution is 5.92. The fourth-order valence-corrected chi connectivity index (χ4v) is 2.81. The molecule has 2 aromatic heterocycles. The van der Waals surface area contributed by atoms with Crippen molar-refractivity contribution in [2.75, 3.05) is 0 Å². The van der Waals surface area contributed by atoms with Crippen molar-refractivity contribution >= 4 is 11.6 Å². The van der Waals surface area contributed by atoms with Crippen molar-refractivity contribution in [1.29, 1.82) is 0 Å². The summed E-state index contributed by atoms with van der Waals surface area (Å²) in [5, 5.41) is 2.71. The summed E-state index contributed by atoms with van der Waals surface area (Å²) in [6, 6.07) is 20.2. The first kappa shape index (κ1) is 16.0. The normalized spacial score (nSPS) is 10.8. The Morgan fingerprint density at radius 1 is 0.923 bits per heavy atom. The molecule has 2 heterocycles. The minimum atomic E-state index is -0.338. The fourth-order valence-electron chi connectivity index (χ4n) is 2.81. The molecule has 5 heteroatoms. The first-order chi connectivity index (χ1) is 12.7. The maximum absolute atomic E-state index is 13.6. The van der Waals surface area contributed by atoms with Gasteiger partial charge < -0.3 is 9.72 Å². The highest BCUT2D eigenvalue weighted by Crippen LogP contribution is 2.19. The third-order valence-electron chi connectivity index (χ3n) is 4.19. The van der Waals surface area contributed by atoms with E-state index in [0.717, 1.165) is 11.1 Å². The Morgan fingerprint density at radius 3 is 2.50 bits per heavy atom. The van der Waals surface area contributed by atoms with Gasteiger partial charge in [0.2, 0.25) is 0 Å². The Morgan fingerprint density at radius 2 is 1.69 bits per heavy atom. The van der Waals surface area contributed by atoms with E-state index in [9.17, 15) is 9.18 Å². The SMILES string of the molecule is O=C(NCc1ccccc1F)c1cn2cc(-c3ccccc3)ccc2n1. The van der Waals surface area contributed by atoms with E-state index in [2.05, 4.69) is 10.3 Å². The largest absolute Gasteiger partial charge is 0.346 e. The number of nitrogens with zero attached hydrogens (tertiary/aromatic N) is 2. The number of hydrogen-bond donors (Lipinski definition) is 1. The number of carbonyl (C=O) groups is 1.